The second-order valence-electron chi connectivity index (χ2n) is 7.71. The monoisotopic (exact) mass is 550 g/mol. The summed E-state index contributed by atoms with van der Waals surface area (Å²) < 4.78 is 28.0. The lowest BCUT2D eigenvalue weighted by Gasteiger charge is -2.14. The maximum Gasteiger partial charge on any atom is 0.262 e. The minimum Gasteiger partial charge on any atom is -0.497 e. The molecule has 0 aromatic heterocycles. The fourth-order valence-electron chi connectivity index (χ4n) is 3.49. The molecule has 36 heavy (non-hydrogen) atoms. The zero-order chi connectivity index (χ0) is 25.5. The number of amides is 1. The zero-order valence-electron chi connectivity index (χ0n) is 19.7. The number of nitrogens with zero attached hydrogens (tertiary/aromatic N) is 1. The number of fused-ring (bicyclic) bond motifs is 1. The molecule has 0 fully saturated rings. The summed E-state index contributed by atoms with van der Waals surface area (Å²) in [7, 11) is 3.11. The summed E-state index contributed by atoms with van der Waals surface area (Å²) in [5.74, 6) is 2.58. The lowest BCUT2D eigenvalue weighted by Crippen LogP contribution is -2.23. The molecule has 0 bridgehead atoms. The maximum absolute atomic E-state index is 12.6. The van der Waals surface area contributed by atoms with E-state index < -0.39 is 5.91 Å². The zero-order valence-corrected chi connectivity index (χ0v) is 21.3. The number of methoxy groups -OCH3 is 2. The number of benzene rings is 3. The molecule has 184 valence electrons. The first kappa shape index (κ1) is 24.9. The van der Waals surface area contributed by atoms with Crippen molar-refractivity contribution in [1.29, 1.82) is 5.26 Å². The van der Waals surface area contributed by atoms with Crippen LogP contribution in [0.5, 0.6) is 28.7 Å². The first-order chi connectivity index (χ1) is 17.5. The van der Waals surface area contributed by atoms with Crippen molar-refractivity contribution in [3.8, 4) is 34.8 Å². The highest BCUT2D eigenvalue weighted by atomic mass is 79.9. The predicted molar refractivity (Wildman–Crippen MR) is 136 cm³/mol. The van der Waals surface area contributed by atoms with Crippen LogP contribution in [0.25, 0.3) is 6.08 Å². The molecule has 4 rings (SSSR count). The van der Waals surface area contributed by atoms with Gasteiger partial charge in [0.1, 0.15) is 24.0 Å². The summed E-state index contributed by atoms with van der Waals surface area (Å²) >= 11 is 3.51. The molecule has 3 aromatic rings. The number of carbonyl (C=O) groups is 1. The van der Waals surface area contributed by atoms with Crippen LogP contribution in [0, 0.1) is 11.3 Å². The van der Waals surface area contributed by atoms with Crippen LogP contribution in [0.3, 0.4) is 0 Å². The Kier molecular flexibility index (Phi) is 7.98. The Hall–Kier alpha value is -4.16. The van der Waals surface area contributed by atoms with E-state index >= 15 is 0 Å². The van der Waals surface area contributed by atoms with Crippen molar-refractivity contribution < 1.29 is 28.5 Å². The van der Waals surface area contributed by atoms with E-state index in [2.05, 4.69) is 21.2 Å². The molecule has 1 amide bonds. The van der Waals surface area contributed by atoms with Crippen LogP contribution in [0.4, 0.5) is 0 Å². The van der Waals surface area contributed by atoms with E-state index in [1.165, 1.54) is 13.2 Å². The fraction of sp³-hybridized carbons (Fsp3) is 0.185. The van der Waals surface area contributed by atoms with Gasteiger partial charge in [-0.05, 0) is 75.1 Å². The van der Waals surface area contributed by atoms with E-state index in [9.17, 15) is 10.1 Å². The van der Waals surface area contributed by atoms with Gasteiger partial charge in [0.2, 0.25) is 6.79 Å². The maximum atomic E-state index is 12.6. The molecule has 1 heterocycles. The molecule has 1 aliphatic rings. The van der Waals surface area contributed by atoms with Gasteiger partial charge in [-0.1, -0.05) is 18.2 Å². The van der Waals surface area contributed by atoms with E-state index in [4.69, 9.17) is 23.7 Å². The molecule has 0 radical (unpaired) electrons. The van der Waals surface area contributed by atoms with E-state index in [0.717, 1.165) is 16.9 Å². The number of hydrogen-bond donors (Lipinski definition) is 1. The predicted octanol–water partition coefficient (Wildman–Crippen LogP) is 5.00. The van der Waals surface area contributed by atoms with Gasteiger partial charge in [0.15, 0.2) is 23.0 Å². The smallest absolute Gasteiger partial charge is 0.262 e. The van der Waals surface area contributed by atoms with Gasteiger partial charge in [0.25, 0.3) is 5.91 Å². The van der Waals surface area contributed by atoms with Crippen LogP contribution < -0.4 is 29.0 Å². The van der Waals surface area contributed by atoms with Crippen molar-refractivity contribution in [2.24, 2.45) is 0 Å². The number of rotatable bonds is 9. The van der Waals surface area contributed by atoms with Crippen LogP contribution in [0.2, 0.25) is 0 Å². The van der Waals surface area contributed by atoms with Gasteiger partial charge in [-0.2, -0.15) is 5.26 Å². The second kappa shape index (κ2) is 11.5. The quantitative estimate of drug-likeness (QED) is 0.295. The molecule has 0 spiro atoms. The van der Waals surface area contributed by atoms with Gasteiger partial charge < -0.3 is 29.0 Å². The van der Waals surface area contributed by atoms with Gasteiger partial charge in [0, 0.05) is 6.54 Å². The Balaban J connectivity index is 1.45. The summed E-state index contributed by atoms with van der Waals surface area (Å²) in [5.41, 5.74) is 2.35. The molecule has 3 aromatic carbocycles. The van der Waals surface area contributed by atoms with Crippen LogP contribution >= 0.6 is 15.9 Å². The highest BCUT2D eigenvalue weighted by Gasteiger charge is 2.16. The third kappa shape index (κ3) is 5.90. The summed E-state index contributed by atoms with van der Waals surface area (Å²) in [5, 5.41) is 12.3. The number of halogens is 1. The highest BCUT2D eigenvalue weighted by molar-refractivity contribution is 9.10. The summed E-state index contributed by atoms with van der Waals surface area (Å²) in [6.07, 6.45) is 1.50. The molecule has 0 atom stereocenters. The average molecular weight is 551 g/mol. The number of nitrogens with one attached hydrogen (secondary N) is 1. The van der Waals surface area contributed by atoms with Crippen molar-refractivity contribution >= 4 is 27.9 Å². The molecule has 0 unspecified atom stereocenters. The topological polar surface area (TPSA) is 99.0 Å². The van der Waals surface area contributed by atoms with Gasteiger partial charge in [0.05, 0.1) is 18.7 Å². The van der Waals surface area contributed by atoms with E-state index in [0.29, 0.717) is 33.0 Å². The number of nitriles is 1. The average Bonchev–Trinajstić information content (AvgIpc) is 3.37. The van der Waals surface area contributed by atoms with E-state index in [1.807, 2.05) is 48.5 Å². The second-order valence-corrected chi connectivity index (χ2v) is 8.57. The van der Waals surface area contributed by atoms with Crippen LogP contribution in [-0.2, 0) is 17.9 Å². The number of carbonyl (C=O) groups excluding carboxylic acids is 1. The molecule has 0 saturated heterocycles. The third-order valence-corrected chi connectivity index (χ3v) is 5.95. The van der Waals surface area contributed by atoms with Gasteiger partial charge >= 0.3 is 0 Å². The summed E-state index contributed by atoms with van der Waals surface area (Å²) in [4.78, 5) is 12.6. The van der Waals surface area contributed by atoms with E-state index in [1.54, 1.807) is 19.2 Å². The highest BCUT2D eigenvalue weighted by Crippen LogP contribution is 2.38. The molecule has 9 heteroatoms. The standard InChI is InChI=1S/C27H23BrN2O6/c1-32-21-6-3-17(4-7-21)14-30-27(31)20(13-29)9-19-10-22(28)26(25(12-19)33-2)34-15-18-5-8-23-24(11-18)36-16-35-23/h3-12H,14-16H2,1-2H3,(H,30,31)/b20-9-. The summed E-state index contributed by atoms with van der Waals surface area (Å²) in [6, 6.07) is 18.3. The van der Waals surface area contributed by atoms with E-state index in [-0.39, 0.29) is 25.5 Å². The lowest BCUT2D eigenvalue weighted by molar-refractivity contribution is -0.117. The molecular weight excluding hydrogens is 528 g/mol. The minimum atomic E-state index is -0.480. The third-order valence-electron chi connectivity index (χ3n) is 5.36. The van der Waals surface area contributed by atoms with Gasteiger partial charge in [-0.3, -0.25) is 4.79 Å². The van der Waals surface area contributed by atoms with Crippen molar-refractivity contribution in [3.05, 3.63) is 81.3 Å². The molecule has 0 saturated carbocycles. The Bertz CT molecular complexity index is 1330. The van der Waals surface area contributed by atoms with Crippen molar-refractivity contribution in [1.82, 2.24) is 5.32 Å². The first-order valence-electron chi connectivity index (χ1n) is 10.9. The normalized spacial score (nSPS) is 12.0. The fourth-order valence-corrected chi connectivity index (χ4v) is 4.06. The Morgan fingerprint density at radius 2 is 1.81 bits per heavy atom. The molecule has 1 N–H and O–H groups in total. The van der Waals surface area contributed by atoms with Crippen molar-refractivity contribution in [3.63, 3.8) is 0 Å². The van der Waals surface area contributed by atoms with Crippen molar-refractivity contribution in [2.75, 3.05) is 21.0 Å². The molecule has 0 aliphatic carbocycles. The Labute approximate surface area is 217 Å². The minimum absolute atomic E-state index is 0.0357. The first-order valence-corrected chi connectivity index (χ1v) is 11.7. The van der Waals surface area contributed by atoms with Crippen LogP contribution in [-0.4, -0.2) is 26.9 Å². The number of ether oxygens (including phenoxy) is 5. The van der Waals surface area contributed by atoms with Gasteiger partial charge in [-0.25, -0.2) is 0 Å². The molecule has 1 aliphatic heterocycles. The number of hydrogen-bond acceptors (Lipinski definition) is 7. The SMILES string of the molecule is COc1ccc(CNC(=O)/C(C#N)=C\c2cc(Br)c(OCc3ccc4c(c3)OCO4)c(OC)c2)cc1. The van der Waals surface area contributed by atoms with Crippen LogP contribution in [0.15, 0.2) is 64.6 Å². The Morgan fingerprint density at radius 1 is 1.06 bits per heavy atom. The van der Waals surface area contributed by atoms with Crippen LogP contribution in [0.1, 0.15) is 16.7 Å². The molecule has 8 nitrogen and oxygen atoms in total. The largest absolute Gasteiger partial charge is 0.497 e. The summed E-state index contributed by atoms with van der Waals surface area (Å²) in [6.45, 7) is 0.762. The Morgan fingerprint density at radius 3 is 2.53 bits per heavy atom. The lowest BCUT2D eigenvalue weighted by atomic mass is 10.1. The van der Waals surface area contributed by atoms with Gasteiger partial charge in [-0.15, -0.1) is 0 Å². The molecular formula is C27H23BrN2O6. The van der Waals surface area contributed by atoms with Crippen molar-refractivity contribution in [2.45, 2.75) is 13.2 Å².